The molecule has 0 spiro atoms. The van der Waals surface area contributed by atoms with Crippen molar-refractivity contribution in [3.05, 3.63) is 85.7 Å². The summed E-state index contributed by atoms with van der Waals surface area (Å²) in [6.45, 7) is 0.252. The summed E-state index contributed by atoms with van der Waals surface area (Å²) in [5.74, 6) is -0.00451. The number of amides is 2. The standard InChI is InChI=1S/C27H23FN2O4S3/c1-33-22-12-17(8-11-21(22)34-14-16-6-9-18(28)10-7-16)13-24-26(32)30(27(35)37-24)29-25(31)20-15-36-23-5-3-2-4-19(20)23/h6-13,15H,2-5,14H2,1H3,(H,29,31)/b24-13-. The van der Waals surface area contributed by atoms with Crippen molar-refractivity contribution in [3.63, 3.8) is 0 Å². The Morgan fingerprint density at radius 1 is 1.16 bits per heavy atom. The predicted molar refractivity (Wildman–Crippen MR) is 147 cm³/mol. The lowest BCUT2D eigenvalue weighted by molar-refractivity contribution is -0.123. The molecule has 1 aliphatic heterocycles. The van der Waals surface area contributed by atoms with Gasteiger partial charge in [-0.05, 0) is 84.9 Å². The van der Waals surface area contributed by atoms with Crippen LogP contribution < -0.4 is 14.9 Å². The summed E-state index contributed by atoms with van der Waals surface area (Å²) in [6, 6.07) is 11.4. The molecule has 37 heavy (non-hydrogen) atoms. The van der Waals surface area contributed by atoms with Crippen molar-refractivity contribution < 1.29 is 23.5 Å². The number of carbonyl (C=O) groups is 2. The zero-order chi connectivity index (χ0) is 25.9. The third-order valence-corrected chi connectivity index (χ3v) is 8.50. The van der Waals surface area contributed by atoms with Crippen molar-refractivity contribution in [1.29, 1.82) is 0 Å². The number of rotatable bonds is 7. The predicted octanol–water partition coefficient (Wildman–Crippen LogP) is 5.90. The molecule has 0 radical (unpaired) electrons. The molecule has 5 rings (SSSR count). The minimum absolute atomic E-state index is 0.252. The molecule has 2 amide bonds. The Morgan fingerprint density at radius 3 is 2.73 bits per heavy atom. The second-order valence-corrected chi connectivity index (χ2v) is 11.2. The molecular weight excluding hydrogens is 532 g/mol. The van der Waals surface area contributed by atoms with E-state index in [4.69, 9.17) is 21.7 Å². The van der Waals surface area contributed by atoms with Gasteiger partial charge in [-0.1, -0.05) is 30.0 Å². The van der Waals surface area contributed by atoms with Crippen molar-refractivity contribution in [2.75, 3.05) is 7.11 Å². The number of hydrogen-bond donors (Lipinski definition) is 1. The Kier molecular flexibility index (Phi) is 7.59. The lowest BCUT2D eigenvalue weighted by atomic mass is 9.96. The van der Waals surface area contributed by atoms with E-state index in [1.807, 2.05) is 5.38 Å². The first kappa shape index (κ1) is 25.4. The van der Waals surface area contributed by atoms with Crippen LogP contribution in [0.3, 0.4) is 0 Å². The van der Waals surface area contributed by atoms with E-state index < -0.39 is 0 Å². The van der Waals surface area contributed by atoms with Gasteiger partial charge in [0.1, 0.15) is 12.4 Å². The molecule has 1 N–H and O–H groups in total. The summed E-state index contributed by atoms with van der Waals surface area (Å²) < 4.78 is 24.7. The van der Waals surface area contributed by atoms with Crippen LogP contribution >= 0.6 is 35.3 Å². The van der Waals surface area contributed by atoms with E-state index >= 15 is 0 Å². The number of hydrogen-bond acceptors (Lipinski definition) is 7. The molecule has 3 aromatic rings. The van der Waals surface area contributed by atoms with Crippen LogP contribution in [0.15, 0.2) is 52.7 Å². The van der Waals surface area contributed by atoms with E-state index in [0.29, 0.717) is 27.5 Å². The summed E-state index contributed by atoms with van der Waals surface area (Å²) in [5.41, 5.74) is 5.94. The molecule has 1 aliphatic carbocycles. The highest BCUT2D eigenvalue weighted by Crippen LogP contribution is 2.35. The van der Waals surface area contributed by atoms with E-state index in [9.17, 15) is 14.0 Å². The van der Waals surface area contributed by atoms with Crippen molar-refractivity contribution in [3.8, 4) is 11.5 Å². The fourth-order valence-electron chi connectivity index (χ4n) is 4.20. The fraction of sp³-hybridized carbons (Fsp3) is 0.222. The molecule has 0 atom stereocenters. The van der Waals surface area contributed by atoms with Gasteiger partial charge in [0.15, 0.2) is 15.8 Å². The van der Waals surface area contributed by atoms with Crippen LogP contribution in [0.25, 0.3) is 6.08 Å². The maximum Gasteiger partial charge on any atom is 0.285 e. The molecule has 190 valence electrons. The molecule has 0 saturated carbocycles. The smallest absolute Gasteiger partial charge is 0.285 e. The summed E-state index contributed by atoms with van der Waals surface area (Å²) in [5, 5.41) is 3.00. The van der Waals surface area contributed by atoms with Crippen LogP contribution in [0.2, 0.25) is 0 Å². The van der Waals surface area contributed by atoms with Crippen LogP contribution in [0.1, 0.15) is 44.8 Å². The van der Waals surface area contributed by atoms with Crippen molar-refractivity contribution >= 4 is 57.5 Å². The van der Waals surface area contributed by atoms with Crippen LogP contribution in [-0.2, 0) is 24.2 Å². The largest absolute Gasteiger partial charge is 0.493 e. The lowest BCUT2D eigenvalue weighted by Crippen LogP contribution is -2.45. The second-order valence-electron chi connectivity index (χ2n) is 8.54. The molecule has 2 heterocycles. The van der Waals surface area contributed by atoms with Gasteiger partial charge in [0.2, 0.25) is 0 Å². The summed E-state index contributed by atoms with van der Waals surface area (Å²) in [7, 11) is 1.53. The monoisotopic (exact) mass is 554 g/mol. The maximum atomic E-state index is 13.1. The SMILES string of the molecule is COc1cc(/C=C2\SC(=S)N(NC(=O)c3csc4c3CCCC4)C2=O)ccc1OCc1ccc(F)cc1. The van der Waals surface area contributed by atoms with Crippen molar-refractivity contribution in [1.82, 2.24) is 10.4 Å². The number of nitrogens with one attached hydrogen (secondary N) is 1. The number of hydrazine groups is 1. The minimum Gasteiger partial charge on any atom is -0.493 e. The van der Waals surface area contributed by atoms with Crippen LogP contribution in [-0.4, -0.2) is 28.3 Å². The Hall–Kier alpha value is -3.21. The lowest BCUT2D eigenvalue weighted by Gasteiger charge is -2.17. The number of fused-ring (bicyclic) bond motifs is 1. The molecule has 0 bridgehead atoms. The molecule has 6 nitrogen and oxygen atoms in total. The number of benzene rings is 2. The van der Waals surface area contributed by atoms with Crippen molar-refractivity contribution in [2.24, 2.45) is 0 Å². The van der Waals surface area contributed by atoms with Crippen LogP contribution in [0.4, 0.5) is 4.39 Å². The van der Waals surface area contributed by atoms with Gasteiger partial charge in [-0.2, -0.15) is 5.01 Å². The number of thiocarbonyl (C=S) groups is 1. The van der Waals surface area contributed by atoms with Crippen LogP contribution in [0.5, 0.6) is 11.5 Å². The minimum atomic E-state index is -0.386. The first-order chi connectivity index (χ1) is 17.9. The number of thioether (sulfide) groups is 1. The Morgan fingerprint density at radius 2 is 1.95 bits per heavy atom. The third-order valence-electron chi connectivity index (χ3n) is 6.11. The zero-order valence-corrected chi connectivity index (χ0v) is 22.4. The fourth-order valence-corrected chi connectivity index (χ4v) is 6.50. The Balaban J connectivity index is 1.28. The highest BCUT2D eigenvalue weighted by molar-refractivity contribution is 8.26. The number of halogens is 1. The summed E-state index contributed by atoms with van der Waals surface area (Å²) in [6.07, 6.45) is 5.78. The molecule has 0 unspecified atom stereocenters. The maximum absolute atomic E-state index is 13.1. The first-order valence-electron chi connectivity index (χ1n) is 11.7. The highest BCUT2D eigenvalue weighted by atomic mass is 32.2. The highest BCUT2D eigenvalue weighted by Gasteiger charge is 2.34. The number of carbonyl (C=O) groups excluding carboxylic acids is 2. The average Bonchev–Trinajstić information content (AvgIpc) is 3.45. The van der Waals surface area contributed by atoms with E-state index in [0.717, 1.165) is 53.6 Å². The number of thiophene rings is 1. The van der Waals surface area contributed by atoms with Gasteiger partial charge in [0.25, 0.3) is 11.8 Å². The van der Waals surface area contributed by atoms with Crippen LogP contribution in [0, 0.1) is 5.82 Å². The third kappa shape index (κ3) is 5.56. The normalized spacial score (nSPS) is 16.2. The van der Waals surface area contributed by atoms with Gasteiger partial charge in [0.05, 0.1) is 17.6 Å². The summed E-state index contributed by atoms with van der Waals surface area (Å²) in [4.78, 5) is 27.7. The van der Waals surface area contributed by atoms with E-state index in [2.05, 4.69) is 5.43 Å². The molecule has 2 aromatic carbocycles. The second kappa shape index (κ2) is 11.0. The Labute approximate surface area is 227 Å². The molecule has 1 saturated heterocycles. The molecule has 1 fully saturated rings. The van der Waals surface area contributed by atoms with Crippen molar-refractivity contribution in [2.45, 2.75) is 32.3 Å². The molecule has 10 heteroatoms. The van der Waals surface area contributed by atoms with Gasteiger partial charge in [-0.25, -0.2) is 4.39 Å². The van der Waals surface area contributed by atoms with E-state index in [1.165, 1.54) is 24.1 Å². The molecular formula is C27H23FN2O4S3. The molecule has 2 aliphatic rings. The number of nitrogens with zero attached hydrogens (tertiary/aromatic N) is 1. The van der Waals surface area contributed by atoms with Gasteiger partial charge in [-0.15, -0.1) is 11.3 Å². The first-order valence-corrected chi connectivity index (χ1v) is 13.8. The Bertz CT molecular complexity index is 1400. The number of methoxy groups -OCH3 is 1. The van der Waals surface area contributed by atoms with Gasteiger partial charge < -0.3 is 9.47 Å². The number of ether oxygens (including phenoxy) is 2. The quantitative estimate of drug-likeness (QED) is 0.290. The average molecular weight is 555 g/mol. The van der Waals surface area contributed by atoms with Gasteiger partial charge in [-0.3, -0.25) is 15.0 Å². The van der Waals surface area contributed by atoms with E-state index in [-0.39, 0.29) is 28.6 Å². The van der Waals surface area contributed by atoms with E-state index in [1.54, 1.807) is 47.7 Å². The summed E-state index contributed by atoms with van der Waals surface area (Å²) >= 11 is 8.11. The zero-order valence-electron chi connectivity index (χ0n) is 19.9. The topological polar surface area (TPSA) is 67.9 Å². The number of aryl methyl sites for hydroxylation is 1. The molecule has 1 aromatic heterocycles. The van der Waals surface area contributed by atoms with Gasteiger partial charge >= 0.3 is 0 Å². The van der Waals surface area contributed by atoms with Gasteiger partial charge in [0, 0.05) is 10.3 Å².